The van der Waals surface area contributed by atoms with Crippen molar-refractivity contribution in [1.29, 1.82) is 0 Å². The number of nitrogens with zero attached hydrogens (tertiary/aromatic N) is 5. The number of rotatable bonds is 3. The number of pyridine rings is 1. The summed E-state index contributed by atoms with van der Waals surface area (Å²) >= 11 is 0. The van der Waals surface area contributed by atoms with Gasteiger partial charge in [0.2, 0.25) is 11.9 Å². The molecule has 2 aromatic heterocycles. The van der Waals surface area contributed by atoms with E-state index in [0.29, 0.717) is 6.54 Å². The lowest BCUT2D eigenvalue weighted by Crippen LogP contribution is -2.47. The van der Waals surface area contributed by atoms with Crippen molar-refractivity contribution in [3.63, 3.8) is 0 Å². The van der Waals surface area contributed by atoms with Crippen LogP contribution in [0.4, 0.5) is 5.95 Å². The fourth-order valence-electron chi connectivity index (χ4n) is 4.16. The molecule has 2 aliphatic heterocycles. The average molecular weight is 351 g/mol. The van der Waals surface area contributed by atoms with Crippen LogP contribution in [0.5, 0.6) is 0 Å². The van der Waals surface area contributed by atoms with E-state index in [1.54, 1.807) is 18.6 Å². The summed E-state index contributed by atoms with van der Waals surface area (Å²) in [7, 11) is 0. The zero-order valence-corrected chi connectivity index (χ0v) is 15.0. The van der Waals surface area contributed by atoms with E-state index in [-0.39, 0.29) is 17.9 Å². The third-order valence-electron chi connectivity index (χ3n) is 5.46. The molecule has 0 aromatic carbocycles. The Morgan fingerprint density at radius 2 is 1.88 bits per heavy atom. The minimum atomic E-state index is 0.0184. The molecule has 0 N–H and O–H groups in total. The summed E-state index contributed by atoms with van der Waals surface area (Å²) < 4.78 is 0. The van der Waals surface area contributed by atoms with E-state index in [1.165, 1.54) is 0 Å². The largest absolute Gasteiger partial charge is 0.340 e. The van der Waals surface area contributed by atoms with Crippen LogP contribution in [0.3, 0.4) is 0 Å². The Morgan fingerprint density at radius 1 is 1.00 bits per heavy atom. The van der Waals surface area contributed by atoms with Crippen LogP contribution < -0.4 is 4.90 Å². The Labute approximate surface area is 154 Å². The Morgan fingerprint density at radius 3 is 2.69 bits per heavy atom. The Kier molecular flexibility index (Phi) is 5.09. The van der Waals surface area contributed by atoms with Crippen LogP contribution in [0.2, 0.25) is 0 Å². The number of anilines is 1. The van der Waals surface area contributed by atoms with E-state index in [1.807, 2.05) is 18.3 Å². The van der Waals surface area contributed by atoms with Gasteiger partial charge in [0.05, 0.1) is 12.0 Å². The van der Waals surface area contributed by atoms with Crippen LogP contribution in [-0.2, 0) is 4.79 Å². The van der Waals surface area contributed by atoms with Crippen molar-refractivity contribution in [3.8, 4) is 0 Å². The molecular weight excluding hydrogens is 326 g/mol. The number of amides is 1. The van der Waals surface area contributed by atoms with Crippen molar-refractivity contribution < 1.29 is 4.79 Å². The highest BCUT2D eigenvalue weighted by molar-refractivity contribution is 5.80. The number of hydrogen-bond donors (Lipinski definition) is 0. The zero-order chi connectivity index (χ0) is 17.8. The van der Waals surface area contributed by atoms with Crippen molar-refractivity contribution in [2.24, 2.45) is 5.92 Å². The minimum Gasteiger partial charge on any atom is -0.340 e. The lowest BCUT2D eigenvalue weighted by atomic mass is 9.91. The molecule has 2 aromatic rings. The molecule has 0 spiro atoms. The maximum absolute atomic E-state index is 13.4. The normalized spacial score (nSPS) is 23.7. The van der Waals surface area contributed by atoms with Crippen LogP contribution in [0.1, 0.15) is 43.7 Å². The Bertz CT molecular complexity index is 723. The summed E-state index contributed by atoms with van der Waals surface area (Å²) in [6.07, 6.45) is 12.4. The van der Waals surface area contributed by atoms with Gasteiger partial charge in [0.1, 0.15) is 0 Å². The molecule has 2 atom stereocenters. The van der Waals surface area contributed by atoms with Gasteiger partial charge in [0.15, 0.2) is 0 Å². The second-order valence-electron chi connectivity index (χ2n) is 7.16. The van der Waals surface area contributed by atoms with Gasteiger partial charge in [-0.15, -0.1) is 0 Å². The summed E-state index contributed by atoms with van der Waals surface area (Å²) in [6.45, 7) is 2.47. The second-order valence-corrected chi connectivity index (χ2v) is 7.16. The smallest absolute Gasteiger partial charge is 0.227 e. The van der Waals surface area contributed by atoms with E-state index < -0.39 is 0 Å². The predicted molar refractivity (Wildman–Crippen MR) is 99.5 cm³/mol. The monoisotopic (exact) mass is 351 g/mol. The van der Waals surface area contributed by atoms with Crippen LogP contribution in [-0.4, -0.2) is 45.4 Å². The molecule has 0 radical (unpaired) electrons. The molecule has 4 heterocycles. The maximum Gasteiger partial charge on any atom is 0.227 e. The number of piperidine rings is 2. The van der Waals surface area contributed by atoms with Crippen molar-refractivity contribution in [1.82, 2.24) is 19.9 Å². The van der Waals surface area contributed by atoms with E-state index in [2.05, 4.69) is 30.8 Å². The Hall–Kier alpha value is -2.50. The van der Waals surface area contributed by atoms with Crippen LogP contribution >= 0.6 is 0 Å². The summed E-state index contributed by atoms with van der Waals surface area (Å²) in [4.78, 5) is 30.6. The SMILES string of the molecule is O=C([C@H]1CCCN(c2ncccn2)C1)N1CCCC[C@H]1c1cccnc1. The molecule has 4 rings (SSSR count). The first-order chi connectivity index (χ1) is 12.8. The molecule has 0 bridgehead atoms. The van der Waals surface area contributed by atoms with Crippen LogP contribution in [0, 0.1) is 5.92 Å². The molecule has 0 saturated carbocycles. The zero-order valence-electron chi connectivity index (χ0n) is 15.0. The van der Waals surface area contributed by atoms with E-state index >= 15 is 0 Å². The molecule has 6 heteroatoms. The van der Waals surface area contributed by atoms with Gasteiger partial charge in [-0.2, -0.15) is 0 Å². The fraction of sp³-hybridized carbons (Fsp3) is 0.500. The second kappa shape index (κ2) is 7.81. The summed E-state index contributed by atoms with van der Waals surface area (Å²) in [6, 6.07) is 6.03. The number of carbonyl (C=O) groups is 1. The first kappa shape index (κ1) is 16.9. The van der Waals surface area contributed by atoms with E-state index in [4.69, 9.17) is 0 Å². The van der Waals surface area contributed by atoms with Gasteiger partial charge in [0, 0.05) is 44.4 Å². The van der Waals surface area contributed by atoms with E-state index in [0.717, 1.165) is 56.7 Å². The molecular formula is C20H25N5O. The third-order valence-corrected chi connectivity index (χ3v) is 5.46. The lowest BCUT2D eigenvalue weighted by molar-refractivity contribution is -0.139. The number of hydrogen-bond acceptors (Lipinski definition) is 5. The van der Waals surface area contributed by atoms with Crippen LogP contribution in [0.25, 0.3) is 0 Å². The molecule has 2 fully saturated rings. The topological polar surface area (TPSA) is 62.2 Å². The fourth-order valence-corrected chi connectivity index (χ4v) is 4.16. The molecule has 0 unspecified atom stereocenters. The average Bonchev–Trinajstić information content (AvgIpc) is 2.74. The molecule has 2 aliphatic rings. The summed E-state index contributed by atoms with van der Waals surface area (Å²) in [5, 5.41) is 0. The number of carbonyl (C=O) groups excluding carboxylic acids is 1. The van der Waals surface area contributed by atoms with Gasteiger partial charge in [-0.3, -0.25) is 9.78 Å². The molecule has 2 saturated heterocycles. The summed E-state index contributed by atoms with van der Waals surface area (Å²) in [5.74, 6) is 1.02. The third kappa shape index (κ3) is 3.54. The Balaban J connectivity index is 1.50. The number of likely N-dealkylation sites (tertiary alicyclic amines) is 1. The first-order valence-electron chi connectivity index (χ1n) is 9.55. The highest BCUT2D eigenvalue weighted by atomic mass is 16.2. The minimum absolute atomic E-state index is 0.0184. The first-order valence-corrected chi connectivity index (χ1v) is 9.55. The quantitative estimate of drug-likeness (QED) is 0.851. The van der Waals surface area contributed by atoms with Crippen molar-refractivity contribution in [3.05, 3.63) is 48.5 Å². The molecule has 6 nitrogen and oxygen atoms in total. The molecule has 0 aliphatic carbocycles. The van der Waals surface area contributed by atoms with E-state index in [9.17, 15) is 4.79 Å². The van der Waals surface area contributed by atoms with Crippen molar-refractivity contribution in [2.75, 3.05) is 24.5 Å². The van der Waals surface area contributed by atoms with Crippen molar-refractivity contribution in [2.45, 2.75) is 38.1 Å². The highest BCUT2D eigenvalue weighted by Gasteiger charge is 2.35. The highest BCUT2D eigenvalue weighted by Crippen LogP contribution is 2.33. The van der Waals surface area contributed by atoms with Crippen molar-refractivity contribution >= 4 is 11.9 Å². The van der Waals surface area contributed by atoms with Gasteiger partial charge < -0.3 is 9.80 Å². The predicted octanol–water partition coefficient (Wildman–Crippen LogP) is 2.84. The van der Waals surface area contributed by atoms with Gasteiger partial charge in [-0.1, -0.05) is 6.07 Å². The van der Waals surface area contributed by atoms with Gasteiger partial charge in [0.25, 0.3) is 0 Å². The van der Waals surface area contributed by atoms with Crippen LogP contribution in [0.15, 0.2) is 43.0 Å². The maximum atomic E-state index is 13.4. The number of aromatic nitrogens is 3. The van der Waals surface area contributed by atoms with Gasteiger partial charge in [-0.05, 0) is 49.8 Å². The van der Waals surface area contributed by atoms with Gasteiger partial charge >= 0.3 is 0 Å². The standard InChI is InChI=1S/C20H25N5O/c26-19(17-7-4-12-24(15-17)20-22-10-5-11-23-20)25-13-2-1-8-18(25)16-6-3-9-21-14-16/h3,5-6,9-11,14,17-18H,1-2,4,7-8,12-13,15H2/t17-,18-/m0/s1. The lowest BCUT2D eigenvalue weighted by Gasteiger charge is -2.40. The summed E-state index contributed by atoms with van der Waals surface area (Å²) in [5.41, 5.74) is 1.15. The molecule has 1 amide bonds. The molecule has 26 heavy (non-hydrogen) atoms. The molecule has 136 valence electrons. The van der Waals surface area contributed by atoms with Gasteiger partial charge in [-0.25, -0.2) is 9.97 Å².